The molecule has 0 radical (unpaired) electrons. The van der Waals surface area contributed by atoms with Crippen LogP contribution in [0.5, 0.6) is 0 Å². The van der Waals surface area contributed by atoms with E-state index in [1.807, 2.05) is 0 Å². The van der Waals surface area contributed by atoms with Crippen LogP contribution >= 0.6 is 0 Å². The quantitative estimate of drug-likeness (QED) is 0.145. The van der Waals surface area contributed by atoms with Crippen molar-refractivity contribution in [2.75, 3.05) is 0 Å². The SMILES string of the molecule is CCCCCCCCCCCCCC(=O)OC(CCCCCCCC)CC(=O)O. The first kappa shape index (κ1) is 27.9. The van der Waals surface area contributed by atoms with Gasteiger partial charge < -0.3 is 9.84 Å². The van der Waals surface area contributed by atoms with Gasteiger partial charge in [0, 0.05) is 6.42 Å². The number of esters is 1. The highest BCUT2D eigenvalue weighted by atomic mass is 16.5. The molecule has 1 atom stereocenters. The summed E-state index contributed by atoms with van der Waals surface area (Å²) in [5, 5.41) is 9.06. The largest absolute Gasteiger partial charge is 0.481 e. The summed E-state index contributed by atoms with van der Waals surface area (Å²) in [5.41, 5.74) is 0. The van der Waals surface area contributed by atoms with Crippen molar-refractivity contribution in [3.8, 4) is 0 Å². The third-order valence-electron chi connectivity index (χ3n) is 5.56. The van der Waals surface area contributed by atoms with E-state index in [0.29, 0.717) is 12.8 Å². The van der Waals surface area contributed by atoms with E-state index in [-0.39, 0.29) is 12.4 Å². The van der Waals surface area contributed by atoms with Gasteiger partial charge in [-0.15, -0.1) is 0 Å². The van der Waals surface area contributed by atoms with Gasteiger partial charge in [0.05, 0.1) is 6.42 Å². The van der Waals surface area contributed by atoms with Crippen LogP contribution < -0.4 is 0 Å². The third-order valence-corrected chi connectivity index (χ3v) is 5.56. The summed E-state index contributed by atoms with van der Waals surface area (Å²) in [4.78, 5) is 23.1. The lowest BCUT2D eigenvalue weighted by Crippen LogP contribution is -2.21. The molecule has 29 heavy (non-hydrogen) atoms. The lowest BCUT2D eigenvalue weighted by atomic mass is 10.0. The summed E-state index contributed by atoms with van der Waals surface area (Å²) >= 11 is 0. The van der Waals surface area contributed by atoms with Crippen LogP contribution in [-0.4, -0.2) is 23.1 Å². The Morgan fingerprint density at radius 1 is 0.655 bits per heavy atom. The van der Waals surface area contributed by atoms with Gasteiger partial charge in [0.1, 0.15) is 6.10 Å². The second-order valence-corrected chi connectivity index (χ2v) is 8.55. The van der Waals surface area contributed by atoms with Gasteiger partial charge in [0.15, 0.2) is 0 Å². The van der Waals surface area contributed by atoms with Gasteiger partial charge >= 0.3 is 11.9 Å². The number of hydrogen-bond acceptors (Lipinski definition) is 3. The number of carbonyl (C=O) groups is 2. The Balaban J connectivity index is 3.70. The zero-order chi connectivity index (χ0) is 21.6. The van der Waals surface area contributed by atoms with Crippen molar-refractivity contribution in [2.24, 2.45) is 0 Å². The number of aliphatic carboxylic acids is 1. The minimum Gasteiger partial charge on any atom is -0.481 e. The van der Waals surface area contributed by atoms with Gasteiger partial charge in [-0.25, -0.2) is 0 Å². The van der Waals surface area contributed by atoms with Crippen LogP contribution in [0.2, 0.25) is 0 Å². The van der Waals surface area contributed by atoms with Gasteiger partial charge in [-0.2, -0.15) is 0 Å². The van der Waals surface area contributed by atoms with Crippen molar-refractivity contribution in [2.45, 2.75) is 148 Å². The normalized spacial score (nSPS) is 12.1. The monoisotopic (exact) mass is 412 g/mol. The summed E-state index contributed by atoms with van der Waals surface area (Å²) in [6.45, 7) is 4.44. The highest BCUT2D eigenvalue weighted by Crippen LogP contribution is 2.15. The van der Waals surface area contributed by atoms with E-state index in [1.54, 1.807) is 0 Å². The van der Waals surface area contributed by atoms with Gasteiger partial charge in [-0.1, -0.05) is 110 Å². The zero-order valence-corrected chi connectivity index (χ0v) is 19.4. The Kier molecular flexibility index (Phi) is 20.9. The van der Waals surface area contributed by atoms with Crippen LogP contribution in [-0.2, 0) is 14.3 Å². The predicted octanol–water partition coefficient (Wildman–Crippen LogP) is 7.82. The Morgan fingerprint density at radius 2 is 1.07 bits per heavy atom. The third kappa shape index (κ3) is 21.5. The number of rotatable bonds is 22. The molecule has 0 saturated heterocycles. The van der Waals surface area contributed by atoms with Crippen LogP contribution in [0.4, 0.5) is 0 Å². The predicted molar refractivity (Wildman–Crippen MR) is 121 cm³/mol. The van der Waals surface area contributed by atoms with Crippen molar-refractivity contribution >= 4 is 11.9 Å². The lowest BCUT2D eigenvalue weighted by Gasteiger charge is -2.16. The molecular formula is C25H48O4. The minimum atomic E-state index is -0.886. The van der Waals surface area contributed by atoms with E-state index >= 15 is 0 Å². The van der Waals surface area contributed by atoms with Crippen LogP contribution in [0.3, 0.4) is 0 Å². The Labute approximate surface area is 180 Å². The number of unbranched alkanes of at least 4 members (excludes halogenated alkanes) is 15. The number of carboxylic acids is 1. The average molecular weight is 413 g/mol. The van der Waals surface area contributed by atoms with Crippen LogP contribution in [0.15, 0.2) is 0 Å². The molecule has 0 heterocycles. The van der Waals surface area contributed by atoms with Crippen molar-refractivity contribution in [3.05, 3.63) is 0 Å². The van der Waals surface area contributed by atoms with E-state index < -0.39 is 12.1 Å². The molecule has 0 fully saturated rings. The molecule has 0 amide bonds. The fourth-order valence-electron chi connectivity index (χ4n) is 3.73. The Morgan fingerprint density at radius 3 is 1.52 bits per heavy atom. The highest BCUT2D eigenvalue weighted by Gasteiger charge is 2.17. The van der Waals surface area contributed by atoms with Gasteiger partial charge in [-0.3, -0.25) is 9.59 Å². The van der Waals surface area contributed by atoms with Crippen molar-refractivity contribution in [1.29, 1.82) is 0 Å². The Bertz CT molecular complexity index is 381. The van der Waals surface area contributed by atoms with Crippen LogP contribution in [0, 0.1) is 0 Å². The van der Waals surface area contributed by atoms with E-state index in [1.165, 1.54) is 83.5 Å². The van der Waals surface area contributed by atoms with E-state index in [2.05, 4.69) is 13.8 Å². The molecular weight excluding hydrogens is 364 g/mol. The molecule has 172 valence electrons. The van der Waals surface area contributed by atoms with E-state index in [9.17, 15) is 9.59 Å². The number of ether oxygens (including phenoxy) is 1. The molecule has 0 aromatic rings. The molecule has 4 nitrogen and oxygen atoms in total. The molecule has 0 rings (SSSR count). The van der Waals surface area contributed by atoms with Crippen molar-refractivity contribution in [1.82, 2.24) is 0 Å². The minimum absolute atomic E-state index is 0.0705. The van der Waals surface area contributed by atoms with Crippen molar-refractivity contribution in [3.63, 3.8) is 0 Å². The van der Waals surface area contributed by atoms with E-state index in [0.717, 1.165) is 25.7 Å². The van der Waals surface area contributed by atoms with Gasteiger partial charge in [0.25, 0.3) is 0 Å². The molecule has 0 aliphatic carbocycles. The number of carboxylic acid groups (broad SMARTS) is 1. The molecule has 0 aromatic carbocycles. The van der Waals surface area contributed by atoms with Crippen LogP contribution in [0.1, 0.15) is 142 Å². The maximum atomic E-state index is 12.1. The molecule has 0 aliphatic rings. The summed E-state index contributed by atoms with van der Waals surface area (Å²) in [6.07, 6.45) is 21.2. The van der Waals surface area contributed by atoms with Gasteiger partial charge in [0.2, 0.25) is 0 Å². The average Bonchev–Trinajstić information content (AvgIpc) is 2.68. The fourth-order valence-corrected chi connectivity index (χ4v) is 3.73. The van der Waals surface area contributed by atoms with Crippen LogP contribution in [0.25, 0.3) is 0 Å². The Hall–Kier alpha value is -1.06. The summed E-state index contributed by atoms with van der Waals surface area (Å²) in [5.74, 6) is -1.11. The number of carbonyl (C=O) groups excluding carboxylic acids is 1. The first-order valence-corrected chi connectivity index (χ1v) is 12.5. The maximum Gasteiger partial charge on any atom is 0.307 e. The topological polar surface area (TPSA) is 63.6 Å². The molecule has 1 N–H and O–H groups in total. The first-order chi connectivity index (χ1) is 14.1. The zero-order valence-electron chi connectivity index (χ0n) is 19.4. The second-order valence-electron chi connectivity index (χ2n) is 8.55. The summed E-state index contributed by atoms with van der Waals surface area (Å²) in [7, 11) is 0. The lowest BCUT2D eigenvalue weighted by molar-refractivity contribution is -0.153. The summed E-state index contributed by atoms with van der Waals surface area (Å²) < 4.78 is 5.46. The number of hydrogen-bond donors (Lipinski definition) is 1. The summed E-state index contributed by atoms with van der Waals surface area (Å²) in [6, 6.07) is 0. The van der Waals surface area contributed by atoms with E-state index in [4.69, 9.17) is 9.84 Å². The smallest absolute Gasteiger partial charge is 0.307 e. The molecule has 0 saturated carbocycles. The van der Waals surface area contributed by atoms with Crippen molar-refractivity contribution < 1.29 is 19.4 Å². The second kappa shape index (κ2) is 21.6. The first-order valence-electron chi connectivity index (χ1n) is 12.5. The molecule has 0 aliphatic heterocycles. The standard InChI is InChI=1S/C25H48O4/c1-3-5-7-9-11-12-13-14-15-17-19-21-25(28)29-23(22-24(26)27)20-18-16-10-8-6-4-2/h23H,3-22H2,1-2H3,(H,26,27). The molecule has 0 spiro atoms. The maximum absolute atomic E-state index is 12.1. The highest BCUT2D eigenvalue weighted by molar-refractivity contribution is 5.71. The molecule has 4 heteroatoms. The van der Waals surface area contributed by atoms with Gasteiger partial charge in [-0.05, 0) is 19.3 Å². The molecule has 0 bridgehead atoms. The molecule has 0 aromatic heterocycles. The molecule has 1 unspecified atom stereocenters. The fraction of sp³-hybridized carbons (Fsp3) is 0.920.